The van der Waals surface area contributed by atoms with Gasteiger partial charge in [-0.3, -0.25) is 4.98 Å². The molecule has 190 valence electrons. The molecule has 2 aliphatic rings. The summed E-state index contributed by atoms with van der Waals surface area (Å²) in [6.07, 6.45) is 4.01. The number of pyridine rings is 1. The molecule has 1 aromatic carbocycles. The van der Waals surface area contributed by atoms with Crippen LogP contribution in [0.4, 0.5) is 16.3 Å². The van der Waals surface area contributed by atoms with Crippen LogP contribution in [0.2, 0.25) is 0 Å². The van der Waals surface area contributed by atoms with E-state index in [-0.39, 0.29) is 6.09 Å². The highest BCUT2D eigenvalue weighted by atomic mass is 16.6. The van der Waals surface area contributed by atoms with Gasteiger partial charge in [0, 0.05) is 56.4 Å². The molecule has 0 bridgehead atoms. The number of nitrogens with one attached hydrogen (secondary N) is 1. The van der Waals surface area contributed by atoms with Crippen molar-refractivity contribution in [2.24, 2.45) is 5.92 Å². The second kappa shape index (κ2) is 10.3. The Bertz CT molecular complexity index is 1200. The summed E-state index contributed by atoms with van der Waals surface area (Å²) in [6, 6.07) is 10.6. The van der Waals surface area contributed by atoms with Gasteiger partial charge in [-0.25, -0.2) is 14.8 Å². The molecule has 3 aromatic rings. The second-order valence-electron chi connectivity index (χ2n) is 10.4. The van der Waals surface area contributed by atoms with Gasteiger partial charge in [-0.1, -0.05) is 12.1 Å². The Morgan fingerprint density at radius 2 is 1.83 bits per heavy atom. The minimum atomic E-state index is -0.506. The standard InChI is InChI=1S/C27H34N6O3/c1-27(2,3)36-26(34)30-17-19-8-11-33(18-19)25-24-23(28-9-10-29-24)16-22(31-25)20-4-6-21(7-5-20)32-12-14-35-15-13-32/h4-7,9-10,16,19H,8,11-15,17-18H2,1-3H3,(H,30,34). The Balaban J connectivity index is 1.33. The van der Waals surface area contributed by atoms with Crippen LogP contribution in [0, 0.1) is 5.92 Å². The van der Waals surface area contributed by atoms with E-state index in [2.05, 4.69) is 49.4 Å². The Morgan fingerprint density at radius 3 is 2.58 bits per heavy atom. The third-order valence-corrected chi connectivity index (χ3v) is 6.50. The van der Waals surface area contributed by atoms with Crippen LogP contribution >= 0.6 is 0 Å². The Kier molecular flexibility index (Phi) is 6.91. The molecule has 0 spiro atoms. The minimum absolute atomic E-state index is 0.308. The van der Waals surface area contributed by atoms with E-state index >= 15 is 0 Å². The van der Waals surface area contributed by atoms with Crippen LogP contribution in [0.1, 0.15) is 27.2 Å². The van der Waals surface area contributed by atoms with Crippen LogP contribution in [-0.4, -0.2) is 72.6 Å². The quantitative estimate of drug-likeness (QED) is 0.576. The van der Waals surface area contributed by atoms with Crippen LogP contribution in [0.15, 0.2) is 42.7 Å². The number of ether oxygens (including phenoxy) is 2. The predicted molar refractivity (Wildman–Crippen MR) is 140 cm³/mol. The number of amides is 1. The average Bonchev–Trinajstić information content (AvgIpc) is 3.35. The minimum Gasteiger partial charge on any atom is -0.444 e. The highest BCUT2D eigenvalue weighted by molar-refractivity contribution is 5.89. The van der Waals surface area contributed by atoms with Gasteiger partial charge in [0.1, 0.15) is 11.1 Å². The summed E-state index contributed by atoms with van der Waals surface area (Å²) in [5, 5.41) is 2.91. The number of carbonyl (C=O) groups is 1. The topological polar surface area (TPSA) is 92.7 Å². The monoisotopic (exact) mass is 490 g/mol. The van der Waals surface area contributed by atoms with Crippen molar-refractivity contribution < 1.29 is 14.3 Å². The van der Waals surface area contributed by atoms with Crippen molar-refractivity contribution in [3.63, 3.8) is 0 Å². The lowest BCUT2D eigenvalue weighted by Gasteiger charge is -2.29. The molecule has 1 atom stereocenters. The first-order valence-electron chi connectivity index (χ1n) is 12.6. The molecular weight excluding hydrogens is 456 g/mol. The highest BCUT2D eigenvalue weighted by Gasteiger charge is 2.27. The van der Waals surface area contributed by atoms with Crippen LogP contribution in [0.25, 0.3) is 22.3 Å². The van der Waals surface area contributed by atoms with Gasteiger partial charge in [0.25, 0.3) is 0 Å². The number of benzene rings is 1. The summed E-state index contributed by atoms with van der Waals surface area (Å²) in [6.45, 7) is 11.1. The maximum atomic E-state index is 12.1. The van der Waals surface area contributed by atoms with E-state index in [9.17, 15) is 4.79 Å². The summed E-state index contributed by atoms with van der Waals surface area (Å²) in [5.74, 6) is 1.15. The van der Waals surface area contributed by atoms with Crippen molar-refractivity contribution in [1.29, 1.82) is 0 Å². The van der Waals surface area contributed by atoms with Crippen molar-refractivity contribution in [2.45, 2.75) is 32.8 Å². The van der Waals surface area contributed by atoms with Gasteiger partial charge in [-0.2, -0.15) is 0 Å². The van der Waals surface area contributed by atoms with Gasteiger partial charge in [0.05, 0.1) is 24.4 Å². The maximum absolute atomic E-state index is 12.1. The molecule has 9 heteroatoms. The molecule has 0 radical (unpaired) electrons. The number of fused-ring (bicyclic) bond motifs is 1. The number of anilines is 2. The van der Waals surface area contributed by atoms with Gasteiger partial charge in [-0.15, -0.1) is 0 Å². The molecule has 2 saturated heterocycles. The fourth-order valence-corrected chi connectivity index (χ4v) is 4.72. The zero-order valence-electron chi connectivity index (χ0n) is 21.2. The molecule has 2 aliphatic heterocycles. The molecule has 1 N–H and O–H groups in total. The number of rotatable bonds is 5. The summed E-state index contributed by atoms with van der Waals surface area (Å²) in [5.41, 5.74) is 4.23. The van der Waals surface area contributed by atoms with Gasteiger partial charge in [0.15, 0.2) is 5.82 Å². The molecule has 1 amide bonds. The molecule has 2 fully saturated rings. The van der Waals surface area contributed by atoms with Gasteiger partial charge < -0.3 is 24.6 Å². The summed E-state index contributed by atoms with van der Waals surface area (Å²) < 4.78 is 10.8. The summed E-state index contributed by atoms with van der Waals surface area (Å²) >= 11 is 0. The number of alkyl carbamates (subject to hydrolysis) is 1. The molecule has 5 rings (SSSR count). The fraction of sp³-hybridized carbons (Fsp3) is 0.481. The lowest BCUT2D eigenvalue weighted by atomic mass is 10.1. The first-order chi connectivity index (χ1) is 17.4. The summed E-state index contributed by atoms with van der Waals surface area (Å²) in [4.78, 5) is 30.9. The Morgan fingerprint density at radius 1 is 1.08 bits per heavy atom. The van der Waals surface area contributed by atoms with E-state index in [1.807, 2.05) is 26.8 Å². The molecular formula is C27H34N6O3. The number of carbonyl (C=O) groups excluding carboxylic acids is 1. The van der Waals surface area contributed by atoms with Gasteiger partial charge >= 0.3 is 6.09 Å². The van der Waals surface area contributed by atoms with Gasteiger partial charge in [0.2, 0.25) is 0 Å². The zero-order chi connectivity index (χ0) is 25.1. The molecule has 1 unspecified atom stereocenters. The van der Waals surface area contributed by atoms with Crippen LogP contribution in [0.3, 0.4) is 0 Å². The smallest absolute Gasteiger partial charge is 0.407 e. The van der Waals surface area contributed by atoms with E-state index in [1.165, 1.54) is 5.69 Å². The molecule has 9 nitrogen and oxygen atoms in total. The molecule has 0 saturated carbocycles. The second-order valence-corrected chi connectivity index (χ2v) is 10.4. The number of hydrogen-bond donors (Lipinski definition) is 1. The van der Waals surface area contributed by atoms with E-state index in [1.54, 1.807) is 12.4 Å². The third kappa shape index (κ3) is 5.67. The van der Waals surface area contributed by atoms with E-state index in [0.29, 0.717) is 12.5 Å². The molecule has 36 heavy (non-hydrogen) atoms. The van der Waals surface area contributed by atoms with Crippen molar-refractivity contribution in [1.82, 2.24) is 20.3 Å². The SMILES string of the molecule is CC(C)(C)OC(=O)NCC1CCN(c2nc(-c3ccc(N4CCOCC4)cc3)cc3nccnc23)C1. The molecule has 0 aliphatic carbocycles. The lowest BCUT2D eigenvalue weighted by molar-refractivity contribution is 0.0520. The van der Waals surface area contributed by atoms with Crippen LogP contribution < -0.4 is 15.1 Å². The van der Waals surface area contributed by atoms with E-state index < -0.39 is 5.60 Å². The van der Waals surface area contributed by atoms with Crippen molar-refractivity contribution >= 4 is 28.6 Å². The zero-order valence-corrected chi connectivity index (χ0v) is 21.2. The van der Waals surface area contributed by atoms with Crippen LogP contribution in [0.5, 0.6) is 0 Å². The largest absolute Gasteiger partial charge is 0.444 e. The van der Waals surface area contributed by atoms with Crippen molar-refractivity contribution in [2.75, 3.05) is 55.7 Å². The van der Waals surface area contributed by atoms with Gasteiger partial charge in [-0.05, 0) is 51.3 Å². The number of aromatic nitrogens is 3. The van der Waals surface area contributed by atoms with Crippen molar-refractivity contribution in [3.05, 3.63) is 42.7 Å². The van der Waals surface area contributed by atoms with Crippen LogP contribution in [-0.2, 0) is 9.47 Å². The first-order valence-corrected chi connectivity index (χ1v) is 12.6. The summed E-state index contributed by atoms with van der Waals surface area (Å²) in [7, 11) is 0. The Labute approximate surface area is 211 Å². The number of hydrogen-bond acceptors (Lipinski definition) is 8. The average molecular weight is 491 g/mol. The number of morpholine rings is 1. The predicted octanol–water partition coefficient (Wildman–Crippen LogP) is 3.88. The third-order valence-electron chi connectivity index (χ3n) is 6.50. The fourth-order valence-electron chi connectivity index (χ4n) is 4.72. The highest BCUT2D eigenvalue weighted by Crippen LogP contribution is 2.31. The normalized spacial score (nSPS) is 18.5. The molecule has 2 aromatic heterocycles. The number of nitrogens with zero attached hydrogens (tertiary/aromatic N) is 5. The van der Waals surface area contributed by atoms with E-state index in [4.69, 9.17) is 14.5 Å². The van der Waals surface area contributed by atoms with Crippen molar-refractivity contribution in [3.8, 4) is 11.3 Å². The maximum Gasteiger partial charge on any atom is 0.407 e. The first kappa shape index (κ1) is 24.2. The van der Waals surface area contributed by atoms with E-state index in [0.717, 1.165) is 73.9 Å². The Hall–Kier alpha value is -3.46. The molecule has 4 heterocycles. The lowest BCUT2D eigenvalue weighted by Crippen LogP contribution is -2.36.